The van der Waals surface area contributed by atoms with Crippen LogP contribution >= 0.6 is 34.9 Å². The first-order valence-electron chi connectivity index (χ1n) is 5.24. The highest BCUT2D eigenvalue weighted by Gasteiger charge is 2.32. The lowest BCUT2D eigenvalue weighted by Gasteiger charge is -2.35. The van der Waals surface area contributed by atoms with Crippen LogP contribution in [0.15, 0.2) is 15.3 Å². The van der Waals surface area contributed by atoms with E-state index in [0.29, 0.717) is 0 Å². The predicted octanol–water partition coefficient (Wildman–Crippen LogP) is 3.72. The molecule has 1 saturated carbocycles. The van der Waals surface area contributed by atoms with E-state index < -0.39 is 0 Å². The summed E-state index contributed by atoms with van der Waals surface area (Å²) in [5, 5.41) is 3.29. The fourth-order valence-corrected chi connectivity index (χ4v) is 4.00. The summed E-state index contributed by atoms with van der Waals surface area (Å²) in [5.74, 6) is 0.856. The Labute approximate surface area is 108 Å². The van der Waals surface area contributed by atoms with Crippen LogP contribution in [0.3, 0.4) is 0 Å². The SMILES string of the molecule is CC1(N=C2NSc3sc(Cl)cc3N2)CCC1. The van der Waals surface area contributed by atoms with E-state index in [0.717, 1.165) is 16.0 Å². The predicted molar refractivity (Wildman–Crippen MR) is 71.6 cm³/mol. The first kappa shape index (κ1) is 10.7. The van der Waals surface area contributed by atoms with Crippen molar-refractivity contribution >= 4 is 46.5 Å². The molecule has 1 aliphatic carbocycles. The molecule has 0 spiro atoms. The van der Waals surface area contributed by atoms with Crippen LogP contribution in [-0.2, 0) is 0 Å². The number of halogens is 1. The van der Waals surface area contributed by atoms with Crippen molar-refractivity contribution in [3.05, 3.63) is 10.4 Å². The summed E-state index contributed by atoms with van der Waals surface area (Å²) in [4.78, 5) is 4.72. The van der Waals surface area contributed by atoms with E-state index >= 15 is 0 Å². The van der Waals surface area contributed by atoms with Gasteiger partial charge in [-0.15, -0.1) is 11.3 Å². The van der Waals surface area contributed by atoms with E-state index in [1.165, 1.54) is 23.5 Å². The lowest BCUT2D eigenvalue weighted by Crippen LogP contribution is -2.37. The van der Waals surface area contributed by atoms with E-state index in [9.17, 15) is 0 Å². The van der Waals surface area contributed by atoms with Crippen molar-refractivity contribution < 1.29 is 0 Å². The zero-order chi connectivity index (χ0) is 11.2. The van der Waals surface area contributed by atoms with Crippen LogP contribution in [0.2, 0.25) is 4.34 Å². The van der Waals surface area contributed by atoms with Crippen LogP contribution < -0.4 is 10.0 Å². The van der Waals surface area contributed by atoms with Crippen LogP contribution in [0.5, 0.6) is 0 Å². The van der Waals surface area contributed by atoms with Gasteiger partial charge in [-0.2, -0.15) is 0 Å². The van der Waals surface area contributed by atoms with Crippen molar-refractivity contribution in [1.82, 2.24) is 4.72 Å². The molecule has 16 heavy (non-hydrogen) atoms. The molecule has 1 aliphatic heterocycles. The van der Waals surface area contributed by atoms with Gasteiger partial charge in [0.1, 0.15) is 4.21 Å². The molecule has 2 heterocycles. The summed E-state index contributed by atoms with van der Waals surface area (Å²) >= 11 is 9.13. The zero-order valence-electron chi connectivity index (χ0n) is 8.84. The molecule has 2 aliphatic rings. The smallest absolute Gasteiger partial charge is 0.206 e. The molecule has 3 rings (SSSR count). The lowest BCUT2D eigenvalue weighted by atomic mass is 9.79. The first-order valence-corrected chi connectivity index (χ1v) is 7.25. The number of hydrogen-bond acceptors (Lipinski definition) is 3. The summed E-state index contributed by atoms with van der Waals surface area (Å²) in [6, 6.07) is 1.95. The second-order valence-corrected chi connectivity index (χ2v) is 7.15. The van der Waals surface area contributed by atoms with Gasteiger partial charge in [0.15, 0.2) is 0 Å². The standard InChI is InChI=1S/C10H12ClN3S2/c1-10(3-2-4-10)13-9-12-6-5-7(11)15-8(6)16-14-9/h5H,2-4H2,1H3,(H2,12,13,14). The van der Waals surface area contributed by atoms with E-state index in [1.54, 1.807) is 23.3 Å². The Morgan fingerprint density at radius 3 is 3.00 bits per heavy atom. The van der Waals surface area contributed by atoms with Crippen molar-refractivity contribution in [2.75, 3.05) is 5.32 Å². The number of thiophene rings is 1. The maximum atomic E-state index is 5.97. The molecule has 0 saturated heterocycles. The second-order valence-electron chi connectivity index (χ2n) is 4.39. The topological polar surface area (TPSA) is 36.4 Å². The molecule has 0 radical (unpaired) electrons. The fraction of sp³-hybridized carbons (Fsp3) is 0.500. The van der Waals surface area contributed by atoms with Crippen LogP contribution in [0.1, 0.15) is 26.2 Å². The molecule has 1 aromatic rings. The number of nitrogens with one attached hydrogen (secondary N) is 2. The molecule has 0 atom stereocenters. The highest BCUT2D eigenvalue weighted by atomic mass is 35.5. The van der Waals surface area contributed by atoms with Gasteiger partial charge in [-0.1, -0.05) is 11.6 Å². The number of nitrogens with zero attached hydrogens (tertiary/aromatic N) is 1. The van der Waals surface area contributed by atoms with Crippen LogP contribution in [-0.4, -0.2) is 11.5 Å². The van der Waals surface area contributed by atoms with E-state index in [1.807, 2.05) is 6.07 Å². The van der Waals surface area contributed by atoms with Crippen LogP contribution in [0.4, 0.5) is 5.69 Å². The largest absolute Gasteiger partial charge is 0.324 e. The number of fused-ring (bicyclic) bond motifs is 1. The quantitative estimate of drug-likeness (QED) is 0.766. The van der Waals surface area contributed by atoms with E-state index in [2.05, 4.69) is 17.0 Å². The Balaban J connectivity index is 1.82. The van der Waals surface area contributed by atoms with Gasteiger partial charge in [-0.3, -0.25) is 4.72 Å². The maximum absolute atomic E-state index is 5.97. The van der Waals surface area contributed by atoms with Crippen LogP contribution in [0, 0.1) is 0 Å². The van der Waals surface area contributed by atoms with Gasteiger partial charge >= 0.3 is 0 Å². The molecule has 1 fully saturated rings. The molecular weight excluding hydrogens is 262 g/mol. The number of aliphatic imine (C=N–C) groups is 1. The van der Waals surface area contributed by atoms with E-state index in [4.69, 9.17) is 16.6 Å². The number of hydrogen-bond donors (Lipinski definition) is 2. The minimum atomic E-state index is 0.132. The third kappa shape index (κ3) is 1.92. The number of guanidine groups is 1. The van der Waals surface area contributed by atoms with Gasteiger partial charge < -0.3 is 5.32 Å². The first-order chi connectivity index (χ1) is 7.65. The molecule has 3 nitrogen and oxygen atoms in total. The molecule has 0 unspecified atom stereocenters. The average Bonchev–Trinajstić information content (AvgIpc) is 2.55. The van der Waals surface area contributed by atoms with Crippen LogP contribution in [0.25, 0.3) is 0 Å². The summed E-state index contributed by atoms with van der Waals surface area (Å²) in [6.07, 6.45) is 3.65. The summed E-state index contributed by atoms with van der Waals surface area (Å²) in [7, 11) is 0. The molecule has 0 bridgehead atoms. The van der Waals surface area contributed by atoms with Gasteiger partial charge in [-0.05, 0) is 32.3 Å². The Morgan fingerprint density at radius 1 is 1.50 bits per heavy atom. The number of anilines is 1. The lowest BCUT2D eigenvalue weighted by molar-refractivity contribution is 0.279. The Morgan fingerprint density at radius 2 is 2.31 bits per heavy atom. The second kappa shape index (κ2) is 3.82. The summed E-state index contributed by atoms with van der Waals surface area (Å²) in [6.45, 7) is 2.20. The highest BCUT2D eigenvalue weighted by Crippen LogP contribution is 2.40. The molecule has 0 amide bonds. The zero-order valence-corrected chi connectivity index (χ0v) is 11.2. The van der Waals surface area contributed by atoms with Gasteiger partial charge in [0.2, 0.25) is 5.96 Å². The van der Waals surface area contributed by atoms with Gasteiger partial charge in [-0.25, -0.2) is 4.99 Å². The third-order valence-electron chi connectivity index (χ3n) is 2.97. The molecular formula is C10H12ClN3S2. The van der Waals surface area contributed by atoms with Crippen molar-refractivity contribution in [2.45, 2.75) is 35.9 Å². The highest BCUT2D eigenvalue weighted by molar-refractivity contribution is 8.00. The molecule has 86 valence electrons. The fourth-order valence-electron chi connectivity index (χ4n) is 1.88. The van der Waals surface area contributed by atoms with Crippen molar-refractivity contribution in [3.8, 4) is 0 Å². The molecule has 1 aromatic heterocycles. The minimum absolute atomic E-state index is 0.132. The van der Waals surface area contributed by atoms with Crippen molar-refractivity contribution in [2.24, 2.45) is 4.99 Å². The Kier molecular flexibility index (Phi) is 2.57. The normalized spacial score (nSPS) is 24.2. The van der Waals surface area contributed by atoms with Gasteiger partial charge in [0.25, 0.3) is 0 Å². The van der Waals surface area contributed by atoms with E-state index in [-0.39, 0.29) is 5.54 Å². The number of rotatable bonds is 1. The van der Waals surface area contributed by atoms with Gasteiger partial charge in [0.05, 0.1) is 15.6 Å². The maximum Gasteiger partial charge on any atom is 0.206 e. The van der Waals surface area contributed by atoms with Crippen molar-refractivity contribution in [1.29, 1.82) is 0 Å². The third-order valence-corrected chi connectivity index (χ3v) is 5.23. The monoisotopic (exact) mass is 273 g/mol. The minimum Gasteiger partial charge on any atom is -0.324 e. The summed E-state index contributed by atoms with van der Waals surface area (Å²) in [5.41, 5.74) is 1.20. The Bertz CT molecular complexity index is 451. The molecule has 2 N–H and O–H groups in total. The Hall–Kier alpha value is -0.390. The van der Waals surface area contributed by atoms with Crippen molar-refractivity contribution in [3.63, 3.8) is 0 Å². The molecule has 6 heteroatoms. The molecule has 0 aromatic carbocycles. The summed E-state index contributed by atoms with van der Waals surface area (Å²) < 4.78 is 5.20. The average molecular weight is 274 g/mol. The van der Waals surface area contributed by atoms with Gasteiger partial charge in [0, 0.05) is 11.9 Å².